The Kier molecular flexibility index (Phi) is 4.24. The molecule has 0 spiro atoms. The van der Waals surface area contributed by atoms with Gasteiger partial charge < -0.3 is 5.73 Å². The van der Waals surface area contributed by atoms with Crippen molar-refractivity contribution in [2.75, 3.05) is 4.72 Å². The van der Waals surface area contributed by atoms with Gasteiger partial charge in [-0.3, -0.25) is 4.72 Å². The predicted molar refractivity (Wildman–Crippen MR) is 77.1 cm³/mol. The van der Waals surface area contributed by atoms with Crippen LogP contribution in [-0.2, 0) is 16.6 Å². The van der Waals surface area contributed by atoms with Crippen molar-refractivity contribution in [3.8, 4) is 0 Å². The van der Waals surface area contributed by atoms with Crippen molar-refractivity contribution in [3.63, 3.8) is 0 Å². The van der Waals surface area contributed by atoms with Gasteiger partial charge in [0.25, 0.3) is 10.0 Å². The minimum absolute atomic E-state index is 0.149. The Hall–Kier alpha value is -0.960. The summed E-state index contributed by atoms with van der Waals surface area (Å²) in [4.78, 5) is 0. The van der Waals surface area contributed by atoms with E-state index in [1.165, 1.54) is 18.2 Å². The van der Waals surface area contributed by atoms with Crippen LogP contribution in [0.4, 0.5) is 10.1 Å². The Morgan fingerprint density at radius 2 is 2.11 bits per heavy atom. The van der Waals surface area contributed by atoms with E-state index < -0.39 is 15.8 Å². The summed E-state index contributed by atoms with van der Waals surface area (Å²) in [5, 5.41) is 1.68. The van der Waals surface area contributed by atoms with Crippen LogP contribution in [0.3, 0.4) is 0 Å². The molecule has 0 unspecified atom stereocenters. The van der Waals surface area contributed by atoms with Gasteiger partial charge in [0.1, 0.15) is 10.0 Å². The van der Waals surface area contributed by atoms with E-state index in [0.717, 1.165) is 23.0 Å². The fraction of sp³-hybridized carbons (Fsp3) is 0.0909. The van der Waals surface area contributed by atoms with Crippen molar-refractivity contribution in [3.05, 3.63) is 45.5 Å². The molecule has 0 radical (unpaired) electrons. The van der Waals surface area contributed by atoms with Crippen molar-refractivity contribution in [2.45, 2.75) is 10.8 Å². The van der Waals surface area contributed by atoms with Crippen LogP contribution in [-0.4, -0.2) is 8.42 Å². The first-order chi connectivity index (χ1) is 8.92. The van der Waals surface area contributed by atoms with Crippen molar-refractivity contribution < 1.29 is 12.8 Å². The third-order valence-electron chi connectivity index (χ3n) is 2.30. The molecule has 0 bridgehead atoms. The van der Waals surface area contributed by atoms with Crippen LogP contribution in [0, 0.1) is 5.82 Å². The highest BCUT2D eigenvalue weighted by Crippen LogP contribution is 2.25. The average Bonchev–Trinajstić information content (AvgIpc) is 2.83. The quantitative estimate of drug-likeness (QED) is 0.875. The first-order valence-corrected chi connectivity index (χ1v) is 8.33. The molecule has 0 saturated carbocycles. The molecule has 4 nitrogen and oxygen atoms in total. The van der Waals surface area contributed by atoms with E-state index in [2.05, 4.69) is 20.7 Å². The minimum atomic E-state index is -3.70. The highest BCUT2D eigenvalue weighted by atomic mass is 79.9. The normalized spacial score (nSPS) is 11.5. The zero-order valence-electron chi connectivity index (χ0n) is 9.56. The van der Waals surface area contributed by atoms with Gasteiger partial charge >= 0.3 is 0 Å². The van der Waals surface area contributed by atoms with E-state index >= 15 is 0 Å². The molecule has 19 heavy (non-hydrogen) atoms. The predicted octanol–water partition coefficient (Wildman–Crippen LogP) is 2.91. The van der Waals surface area contributed by atoms with Crippen molar-refractivity contribution in [1.29, 1.82) is 0 Å². The van der Waals surface area contributed by atoms with Crippen molar-refractivity contribution in [1.82, 2.24) is 0 Å². The van der Waals surface area contributed by atoms with Crippen LogP contribution >= 0.6 is 27.3 Å². The second-order valence-electron chi connectivity index (χ2n) is 3.71. The number of thiophene rings is 1. The molecule has 0 aliphatic rings. The first kappa shape index (κ1) is 14.4. The largest absolute Gasteiger partial charge is 0.326 e. The summed E-state index contributed by atoms with van der Waals surface area (Å²) in [7, 11) is -3.70. The SMILES string of the molecule is NCc1csc(S(=O)(=O)Nc2ccc(Br)c(F)c2)c1. The van der Waals surface area contributed by atoms with E-state index in [9.17, 15) is 12.8 Å². The number of benzene rings is 1. The maximum absolute atomic E-state index is 13.3. The number of sulfonamides is 1. The summed E-state index contributed by atoms with van der Waals surface area (Å²) in [5.41, 5.74) is 6.34. The number of hydrogen-bond donors (Lipinski definition) is 2. The second-order valence-corrected chi connectivity index (χ2v) is 7.39. The van der Waals surface area contributed by atoms with Gasteiger partial charge in [0.15, 0.2) is 0 Å². The summed E-state index contributed by atoms with van der Waals surface area (Å²) < 4.78 is 40.2. The molecule has 1 heterocycles. The second kappa shape index (κ2) is 5.58. The maximum atomic E-state index is 13.3. The Morgan fingerprint density at radius 3 is 2.68 bits per heavy atom. The highest BCUT2D eigenvalue weighted by molar-refractivity contribution is 9.10. The number of nitrogens with one attached hydrogen (secondary N) is 1. The van der Waals surface area contributed by atoms with E-state index in [0.29, 0.717) is 0 Å². The molecular formula is C11H10BrFN2O2S2. The maximum Gasteiger partial charge on any atom is 0.271 e. The van der Waals surface area contributed by atoms with Crippen LogP contribution in [0.5, 0.6) is 0 Å². The van der Waals surface area contributed by atoms with Crippen molar-refractivity contribution in [2.24, 2.45) is 5.73 Å². The Labute approximate surface area is 122 Å². The summed E-state index contributed by atoms with van der Waals surface area (Å²) >= 11 is 4.08. The molecule has 102 valence electrons. The van der Waals surface area contributed by atoms with E-state index in [-0.39, 0.29) is 20.9 Å². The summed E-state index contributed by atoms with van der Waals surface area (Å²) in [5.74, 6) is -0.533. The molecule has 1 aromatic heterocycles. The zero-order chi connectivity index (χ0) is 14.0. The van der Waals surface area contributed by atoms with Crippen LogP contribution in [0.15, 0.2) is 38.3 Å². The van der Waals surface area contributed by atoms with E-state index in [1.54, 1.807) is 5.38 Å². The molecule has 0 amide bonds. The van der Waals surface area contributed by atoms with E-state index in [1.807, 2.05) is 0 Å². The lowest BCUT2D eigenvalue weighted by Crippen LogP contribution is -2.11. The fourth-order valence-electron chi connectivity index (χ4n) is 1.37. The summed E-state index contributed by atoms with van der Waals surface area (Å²) in [6.45, 7) is 0.277. The van der Waals surface area contributed by atoms with Gasteiger partial charge in [-0.2, -0.15) is 0 Å². The molecule has 0 aliphatic carbocycles. The standard InChI is InChI=1S/C11H10BrFN2O2S2/c12-9-2-1-8(4-10(9)13)15-19(16,17)11-3-7(5-14)6-18-11/h1-4,6,15H,5,14H2. The van der Waals surface area contributed by atoms with Crippen LogP contribution in [0.25, 0.3) is 0 Å². The number of nitrogens with two attached hydrogens (primary N) is 1. The topological polar surface area (TPSA) is 72.2 Å². The van der Waals surface area contributed by atoms with Crippen molar-refractivity contribution >= 4 is 43.0 Å². The number of anilines is 1. The molecule has 2 aromatic rings. The molecule has 2 rings (SSSR count). The fourth-order valence-corrected chi connectivity index (χ4v) is 3.88. The molecule has 3 N–H and O–H groups in total. The molecule has 0 aliphatic heterocycles. The van der Waals surface area contributed by atoms with Gasteiger partial charge in [0, 0.05) is 6.54 Å². The Morgan fingerprint density at radius 1 is 1.37 bits per heavy atom. The molecule has 1 aromatic carbocycles. The number of rotatable bonds is 4. The molecular weight excluding hydrogens is 355 g/mol. The lowest BCUT2D eigenvalue weighted by molar-refractivity contribution is 0.603. The molecule has 0 fully saturated rings. The van der Waals surface area contributed by atoms with Gasteiger partial charge in [-0.1, -0.05) is 0 Å². The van der Waals surface area contributed by atoms with Gasteiger partial charge in [0.05, 0.1) is 10.2 Å². The Bertz CT molecular complexity index is 700. The third-order valence-corrected chi connectivity index (χ3v) is 5.81. The lowest BCUT2D eigenvalue weighted by Gasteiger charge is -2.06. The highest BCUT2D eigenvalue weighted by Gasteiger charge is 2.17. The lowest BCUT2D eigenvalue weighted by atomic mass is 10.3. The van der Waals surface area contributed by atoms with Crippen LogP contribution in [0.1, 0.15) is 5.56 Å². The number of halogens is 2. The first-order valence-electron chi connectivity index (χ1n) is 5.18. The van der Waals surface area contributed by atoms with Gasteiger partial charge in [-0.25, -0.2) is 12.8 Å². The monoisotopic (exact) mass is 364 g/mol. The average molecular weight is 365 g/mol. The van der Waals surface area contributed by atoms with Gasteiger partial charge in [0.2, 0.25) is 0 Å². The minimum Gasteiger partial charge on any atom is -0.326 e. The summed E-state index contributed by atoms with van der Waals surface area (Å²) in [6.07, 6.45) is 0. The smallest absolute Gasteiger partial charge is 0.271 e. The van der Waals surface area contributed by atoms with Crippen LogP contribution in [0.2, 0.25) is 0 Å². The molecule has 0 saturated heterocycles. The van der Waals surface area contributed by atoms with Crippen LogP contribution < -0.4 is 10.5 Å². The van der Waals surface area contributed by atoms with Gasteiger partial charge in [-0.15, -0.1) is 11.3 Å². The molecule has 8 heteroatoms. The molecule has 0 atom stereocenters. The number of hydrogen-bond acceptors (Lipinski definition) is 4. The summed E-state index contributed by atoms with van der Waals surface area (Å²) in [6, 6.07) is 5.52. The third kappa shape index (κ3) is 3.33. The van der Waals surface area contributed by atoms with Gasteiger partial charge in [-0.05, 0) is 51.1 Å². The zero-order valence-corrected chi connectivity index (χ0v) is 12.8. The Balaban J connectivity index is 2.28. The van der Waals surface area contributed by atoms with E-state index in [4.69, 9.17) is 5.73 Å².